The fourth-order valence-corrected chi connectivity index (χ4v) is 2.39. The van der Waals surface area contributed by atoms with Crippen molar-refractivity contribution >= 4 is 21.8 Å². The van der Waals surface area contributed by atoms with Crippen LogP contribution in [-0.2, 0) is 0 Å². The highest BCUT2D eigenvalue weighted by Crippen LogP contribution is 2.37. The first-order valence-corrected chi connectivity index (χ1v) is 6.93. The molecule has 1 aromatic rings. The first kappa shape index (κ1) is 12.4. The Labute approximate surface area is 110 Å². The highest BCUT2D eigenvalue weighted by Gasteiger charge is 2.43. The van der Waals surface area contributed by atoms with Crippen molar-refractivity contribution in [2.75, 3.05) is 11.9 Å². The molecule has 0 heterocycles. The molecule has 0 unspecified atom stereocenters. The number of hydrogen-bond donors (Lipinski definition) is 1. The molecule has 0 aromatic heterocycles. The van der Waals surface area contributed by atoms with Gasteiger partial charge in [0.25, 0.3) is 5.91 Å². The van der Waals surface area contributed by atoms with Gasteiger partial charge in [0.1, 0.15) is 5.75 Å². The molecule has 1 N–H and O–H groups in total. The Morgan fingerprint density at radius 3 is 2.76 bits per heavy atom. The van der Waals surface area contributed by atoms with E-state index in [9.17, 15) is 4.79 Å². The number of alkyl halides is 1. The summed E-state index contributed by atoms with van der Waals surface area (Å²) in [5, 5.41) is 3.87. The van der Waals surface area contributed by atoms with E-state index >= 15 is 0 Å². The van der Waals surface area contributed by atoms with E-state index in [0.29, 0.717) is 17.9 Å². The van der Waals surface area contributed by atoms with E-state index < -0.39 is 0 Å². The first-order valence-electron chi connectivity index (χ1n) is 5.81. The van der Waals surface area contributed by atoms with Crippen LogP contribution in [0.4, 0.5) is 0 Å². The summed E-state index contributed by atoms with van der Waals surface area (Å²) < 4.78 is 5.45. The molecular weight excluding hydrogens is 282 g/mol. The summed E-state index contributed by atoms with van der Waals surface area (Å²) in [6, 6.07) is 7.35. The standard InChI is InChI=1S/C13H16BrNO2/c1-2-17-11-6-4-3-5-10(11)12(16)15-13(9-14)7-8-13/h3-6H,2,7-9H2,1H3,(H,15,16). The molecular formula is C13H16BrNO2. The number of carbonyl (C=O) groups excluding carboxylic acids is 1. The van der Waals surface area contributed by atoms with Crippen LogP contribution in [0, 0.1) is 0 Å². The lowest BCUT2D eigenvalue weighted by Crippen LogP contribution is -2.38. The summed E-state index contributed by atoms with van der Waals surface area (Å²) in [6.07, 6.45) is 2.08. The average molecular weight is 298 g/mol. The minimum atomic E-state index is -0.0500. The van der Waals surface area contributed by atoms with E-state index in [1.165, 1.54) is 0 Å². The van der Waals surface area contributed by atoms with Crippen LogP contribution in [0.5, 0.6) is 5.75 Å². The number of nitrogens with one attached hydrogen (secondary N) is 1. The Balaban J connectivity index is 2.13. The predicted octanol–water partition coefficient (Wildman–Crippen LogP) is 2.74. The maximum absolute atomic E-state index is 12.1. The molecule has 92 valence electrons. The summed E-state index contributed by atoms with van der Waals surface area (Å²) in [7, 11) is 0. The Hall–Kier alpha value is -1.03. The smallest absolute Gasteiger partial charge is 0.255 e. The maximum Gasteiger partial charge on any atom is 0.255 e. The molecule has 0 radical (unpaired) electrons. The van der Waals surface area contributed by atoms with Crippen molar-refractivity contribution in [1.82, 2.24) is 5.32 Å². The monoisotopic (exact) mass is 297 g/mol. The van der Waals surface area contributed by atoms with E-state index in [1.807, 2.05) is 25.1 Å². The quantitative estimate of drug-likeness (QED) is 0.849. The number of para-hydroxylation sites is 1. The minimum absolute atomic E-state index is 0.0313. The van der Waals surface area contributed by atoms with Gasteiger partial charge in [0, 0.05) is 5.33 Å². The van der Waals surface area contributed by atoms with Crippen molar-refractivity contribution in [3.05, 3.63) is 29.8 Å². The van der Waals surface area contributed by atoms with Crippen LogP contribution < -0.4 is 10.1 Å². The van der Waals surface area contributed by atoms with Crippen LogP contribution in [0.15, 0.2) is 24.3 Å². The van der Waals surface area contributed by atoms with Gasteiger partial charge in [0.05, 0.1) is 17.7 Å². The van der Waals surface area contributed by atoms with Crippen LogP contribution in [0.2, 0.25) is 0 Å². The summed E-state index contributed by atoms with van der Waals surface area (Å²) in [6.45, 7) is 2.48. The molecule has 0 spiro atoms. The number of amides is 1. The van der Waals surface area contributed by atoms with Gasteiger partial charge in [0.15, 0.2) is 0 Å². The van der Waals surface area contributed by atoms with Gasteiger partial charge in [-0.05, 0) is 31.9 Å². The van der Waals surface area contributed by atoms with Crippen molar-refractivity contribution in [3.63, 3.8) is 0 Å². The van der Waals surface area contributed by atoms with Gasteiger partial charge in [-0.25, -0.2) is 0 Å². The molecule has 1 aliphatic carbocycles. The second-order valence-corrected chi connectivity index (χ2v) is 4.86. The van der Waals surface area contributed by atoms with E-state index in [-0.39, 0.29) is 11.4 Å². The van der Waals surface area contributed by atoms with Crippen LogP contribution >= 0.6 is 15.9 Å². The molecule has 3 nitrogen and oxygen atoms in total. The number of benzene rings is 1. The maximum atomic E-state index is 12.1. The van der Waals surface area contributed by atoms with Gasteiger partial charge in [-0.2, -0.15) is 0 Å². The van der Waals surface area contributed by atoms with E-state index in [2.05, 4.69) is 21.2 Å². The van der Waals surface area contributed by atoms with Gasteiger partial charge in [-0.3, -0.25) is 4.79 Å². The van der Waals surface area contributed by atoms with Gasteiger partial charge in [0.2, 0.25) is 0 Å². The average Bonchev–Trinajstić information content (AvgIpc) is 3.10. The van der Waals surface area contributed by atoms with Crippen molar-refractivity contribution < 1.29 is 9.53 Å². The molecule has 1 fully saturated rings. The van der Waals surface area contributed by atoms with Crippen LogP contribution in [-0.4, -0.2) is 23.4 Å². The number of rotatable bonds is 5. The fourth-order valence-electron chi connectivity index (χ4n) is 1.69. The molecule has 1 saturated carbocycles. The Bertz CT molecular complexity index is 416. The molecule has 1 amide bonds. The Morgan fingerprint density at radius 1 is 1.47 bits per heavy atom. The number of carbonyl (C=O) groups is 1. The van der Waals surface area contributed by atoms with Crippen molar-refractivity contribution in [2.24, 2.45) is 0 Å². The first-order chi connectivity index (χ1) is 8.21. The molecule has 0 saturated heterocycles. The minimum Gasteiger partial charge on any atom is -0.493 e. The normalized spacial score (nSPS) is 16.4. The largest absolute Gasteiger partial charge is 0.493 e. The number of hydrogen-bond acceptors (Lipinski definition) is 2. The topological polar surface area (TPSA) is 38.3 Å². The zero-order chi connectivity index (χ0) is 12.3. The lowest BCUT2D eigenvalue weighted by atomic mass is 10.1. The second kappa shape index (κ2) is 5.08. The van der Waals surface area contributed by atoms with Crippen molar-refractivity contribution in [3.8, 4) is 5.75 Å². The van der Waals surface area contributed by atoms with Gasteiger partial charge < -0.3 is 10.1 Å². The summed E-state index contributed by atoms with van der Waals surface area (Å²) >= 11 is 3.44. The highest BCUT2D eigenvalue weighted by atomic mass is 79.9. The van der Waals surface area contributed by atoms with Gasteiger partial charge in [-0.1, -0.05) is 28.1 Å². The lowest BCUT2D eigenvalue weighted by molar-refractivity contribution is 0.0932. The predicted molar refractivity (Wildman–Crippen MR) is 70.8 cm³/mol. The van der Waals surface area contributed by atoms with Crippen molar-refractivity contribution in [1.29, 1.82) is 0 Å². The molecule has 1 aromatic carbocycles. The summed E-state index contributed by atoms with van der Waals surface area (Å²) in [5.41, 5.74) is 0.581. The van der Waals surface area contributed by atoms with Crippen molar-refractivity contribution in [2.45, 2.75) is 25.3 Å². The third-order valence-corrected chi connectivity index (χ3v) is 3.99. The fraction of sp³-hybridized carbons (Fsp3) is 0.462. The van der Waals surface area contributed by atoms with E-state index in [0.717, 1.165) is 18.2 Å². The molecule has 0 aliphatic heterocycles. The molecule has 2 rings (SSSR count). The summed E-state index contributed by atoms with van der Waals surface area (Å²) in [5.74, 6) is 0.601. The van der Waals surface area contributed by atoms with Crippen LogP contribution in [0.1, 0.15) is 30.1 Å². The molecule has 17 heavy (non-hydrogen) atoms. The second-order valence-electron chi connectivity index (χ2n) is 4.30. The molecule has 4 heteroatoms. The Kier molecular flexibility index (Phi) is 3.72. The molecule has 0 atom stereocenters. The van der Waals surface area contributed by atoms with E-state index in [1.54, 1.807) is 6.07 Å². The van der Waals surface area contributed by atoms with Gasteiger partial charge >= 0.3 is 0 Å². The molecule has 0 bridgehead atoms. The number of ether oxygens (including phenoxy) is 1. The lowest BCUT2D eigenvalue weighted by Gasteiger charge is -2.16. The zero-order valence-corrected chi connectivity index (χ0v) is 11.4. The third-order valence-electron chi connectivity index (χ3n) is 2.92. The third kappa shape index (κ3) is 2.80. The molecule has 1 aliphatic rings. The highest BCUT2D eigenvalue weighted by molar-refractivity contribution is 9.09. The SMILES string of the molecule is CCOc1ccccc1C(=O)NC1(CBr)CC1. The van der Waals surface area contributed by atoms with Crippen LogP contribution in [0.3, 0.4) is 0 Å². The van der Waals surface area contributed by atoms with Crippen LogP contribution in [0.25, 0.3) is 0 Å². The Morgan fingerprint density at radius 2 is 2.18 bits per heavy atom. The van der Waals surface area contributed by atoms with Gasteiger partial charge in [-0.15, -0.1) is 0 Å². The summed E-state index contributed by atoms with van der Waals surface area (Å²) in [4.78, 5) is 12.1. The zero-order valence-electron chi connectivity index (χ0n) is 9.83. The number of halogens is 1. The van der Waals surface area contributed by atoms with E-state index in [4.69, 9.17) is 4.74 Å².